The first-order valence-corrected chi connectivity index (χ1v) is 6.32. The van der Waals surface area contributed by atoms with E-state index in [0.717, 1.165) is 17.7 Å². The Hall–Kier alpha value is -0.280. The fourth-order valence-electron chi connectivity index (χ4n) is 1.22. The van der Waals surface area contributed by atoms with E-state index in [0.29, 0.717) is 12.5 Å². The lowest BCUT2D eigenvalue weighted by molar-refractivity contribution is 0.0479. The van der Waals surface area contributed by atoms with Gasteiger partial charge in [0.05, 0.1) is 12.9 Å². The van der Waals surface area contributed by atoms with Gasteiger partial charge in [0.15, 0.2) is 0 Å². The molecule has 0 aliphatic carbocycles. The third-order valence-corrected chi connectivity index (χ3v) is 3.34. The molecule has 0 aromatic carbocycles. The molecule has 0 bridgehead atoms. The van der Waals surface area contributed by atoms with Crippen molar-refractivity contribution >= 4 is 15.9 Å². The van der Waals surface area contributed by atoms with E-state index in [1.807, 2.05) is 12.1 Å². The van der Waals surface area contributed by atoms with E-state index >= 15 is 0 Å². The molecule has 0 aliphatic heterocycles. The second-order valence-electron chi connectivity index (χ2n) is 4.81. The molecule has 0 N–H and O–H groups in total. The quantitative estimate of drug-likeness (QED) is 0.761. The van der Waals surface area contributed by atoms with Gasteiger partial charge in [0, 0.05) is 5.33 Å². The lowest BCUT2D eigenvalue weighted by Crippen LogP contribution is -2.26. The average Bonchev–Trinajstić information content (AvgIpc) is 2.62. The molecule has 1 unspecified atom stereocenters. The van der Waals surface area contributed by atoms with Gasteiger partial charge in [-0.15, -0.1) is 0 Å². The summed E-state index contributed by atoms with van der Waals surface area (Å²) in [6, 6.07) is 3.81. The van der Waals surface area contributed by atoms with Crippen LogP contribution in [0.3, 0.4) is 0 Å². The zero-order valence-electron chi connectivity index (χ0n) is 9.63. The molecule has 1 atom stereocenters. The van der Waals surface area contributed by atoms with Crippen molar-refractivity contribution in [3.63, 3.8) is 0 Å². The number of alkyl halides is 1. The summed E-state index contributed by atoms with van der Waals surface area (Å²) in [5.41, 5.74) is 0.271. The van der Waals surface area contributed by atoms with E-state index in [1.54, 1.807) is 6.26 Å². The third kappa shape index (κ3) is 4.39. The zero-order chi connectivity index (χ0) is 11.3. The van der Waals surface area contributed by atoms with Crippen molar-refractivity contribution < 1.29 is 9.15 Å². The summed E-state index contributed by atoms with van der Waals surface area (Å²) in [6.07, 6.45) is 1.67. The van der Waals surface area contributed by atoms with Crippen LogP contribution in [0.5, 0.6) is 0 Å². The van der Waals surface area contributed by atoms with Crippen LogP contribution < -0.4 is 0 Å². The molecule has 0 amide bonds. The predicted octanol–water partition coefficient (Wildman–Crippen LogP) is 3.85. The Morgan fingerprint density at radius 1 is 1.47 bits per heavy atom. The zero-order valence-corrected chi connectivity index (χ0v) is 11.2. The molecule has 0 aliphatic rings. The number of ether oxygens (including phenoxy) is 1. The van der Waals surface area contributed by atoms with Crippen molar-refractivity contribution in [2.45, 2.75) is 27.4 Å². The second kappa shape index (κ2) is 5.71. The highest BCUT2D eigenvalue weighted by Gasteiger charge is 2.23. The minimum atomic E-state index is 0.271. The molecular weight excluding hydrogens is 256 g/mol. The summed E-state index contributed by atoms with van der Waals surface area (Å²) in [6.45, 7) is 8.02. The molecule has 2 nitrogen and oxygen atoms in total. The molecule has 0 saturated carbocycles. The number of furan rings is 1. The molecule has 0 fully saturated rings. The smallest absolute Gasteiger partial charge is 0.129 e. The van der Waals surface area contributed by atoms with E-state index in [-0.39, 0.29) is 5.41 Å². The maximum absolute atomic E-state index is 5.63. The fourth-order valence-corrected chi connectivity index (χ4v) is 2.38. The molecular formula is C12H19BrO2. The van der Waals surface area contributed by atoms with Crippen LogP contribution in [0.2, 0.25) is 0 Å². The molecule has 3 heteroatoms. The maximum atomic E-state index is 5.63. The van der Waals surface area contributed by atoms with Crippen LogP contribution in [-0.2, 0) is 11.3 Å². The average molecular weight is 275 g/mol. The number of hydrogen-bond donors (Lipinski definition) is 0. The summed E-state index contributed by atoms with van der Waals surface area (Å²) < 4.78 is 10.8. The first-order chi connectivity index (χ1) is 7.04. The topological polar surface area (TPSA) is 22.4 Å². The monoisotopic (exact) mass is 274 g/mol. The van der Waals surface area contributed by atoms with Crippen molar-refractivity contribution in [3.05, 3.63) is 24.2 Å². The first-order valence-electron chi connectivity index (χ1n) is 5.20. The van der Waals surface area contributed by atoms with E-state index in [9.17, 15) is 0 Å². The van der Waals surface area contributed by atoms with Gasteiger partial charge in [0.25, 0.3) is 0 Å². The standard InChI is InChI=1S/C12H19BrO2/c1-12(2,3)10(7-13)8-14-9-11-5-4-6-15-11/h4-6,10H,7-9H2,1-3H3. The Balaban J connectivity index is 2.29. The number of hydrogen-bond acceptors (Lipinski definition) is 2. The van der Waals surface area contributed by atoms with E-state index in [2.05, 4.69) is 36.7 Å². The van der Waals surface area contributed by atoms with Crippen LogP contribution in [0.25, 0.3) is 0 Å². The van der Waals surface area contributed by atoms with Gasteiger partial charge in [-0.3, -0.25) is 0 Å². The SMILES string of the molecule is CC(C)(C)C(CBr)COCc1ccco1. The van der Waals surface area contributed by atoms with E-state index in [4.69, 9.17) is 9.15 Å². The summed E-state index contributed by atoms with van der Waals surface area (Å²) in [4.78, 5) is 0. The van der Waals surface area contributed by atoms with Crippen LogP contribution in [0.15, 0.2) is 22.8 Å². The Labute approximate surface area is 100 Å². The van der Waals surface area contributed by atoms with E-state index < -0.39 is 0 Å². The molecule has 1 aromatic heterocycles. The fraction of sp³-hybridized carbons (Fsp3) is 0.667. The normalized spacial score (nSPS) is 14.1. The summed E-state index contributed by atoms with van der Waals surface area (Å²) in [5.74, 6) is 1.41. The van der Waals surface area contributed by atoms with Crippen LogP contribution in [0.4, 0.5) is 0 Å². The summed E-state index contributed by atoms with van der Waals surface area (Å²) in [7, 11) is 0. The van der Waals surface area contributed by atoms with Crippen molar-refractivity contribution in [3.8, 4) is 0 Å². The third-order valence-electron chi connectivity index (χ3n) is 2.55. The minimum absolute atomic E-state index is 0.271. The molecule has 15 heavy (non-hydrogen) atoms. The van der Waals surface area contributed by atoms with Gasteiger partial charge in [-0.2, -0.15) is 0 Å². The van der Waals surface area contributed by atoms with Gasteiger partial charge in [0.1, 0.15) is 12.4 Å². The van der Waals surface area contributed by atoms with Crippen molar-refractivity contribution in [2.75, 3.05) is 11.9 Å². The van der Waals surface area contributed by atoms with E-state index in [1.165, 1.54) is 0 Å². The molecule has 1 rings (SSSR count). The van der Waals surface area contributed by atoms with Gasteiger partial charge < -0.3 is 9.15 Å². The van der Waals surface area contributed by atoms with Gasteiger partial charge in [-0.25, -0.2) is 0 Å². The Kier molecular flexibility index (Phi) is 4.87. The first kappa shape index (κ1) is 12.8. The lowest BCUT2D eigenvalue weighted by Gasteiger charge is -2.28. The van der Waals surface area contributed by atoms with Gasteiger partial charge in [-0.1, -0.05) is 36.7 Å². The number of halogens is 1. The van der Waals surface area contributed by atoms with Crippen molar-refractivity contribution in [1.29, 1.82) is 0 Å². The predicted molar refractivity (Wildman–Crippen MR) is 65.1 cm³/mol. The summed E-state index contributed by atoms with van der Waals surface area (Å²) >= 11 is 3.53. The molecule has 0 radical (unpaired) electrons. The van der Waals surface area contributed by atoms with Crippen LogP contribution in [-0.4, -0.2) is 11.9 Å². The van der Waals surface area contributed by atoms with Gasteiger partial charge >= 0.3 is 0 Å². The van der Waals surface area contributed by atoms with Crippen molar-refractivity contribution in [2.24, 2.45) is 11.3 Å². The molecule has 1 aromatic rings. The minimum Gasteiger partial charge on any atom is -0.467 e. The van der Waals surface area contributed by atoms with Crippen LogP contribution in [0.1, 0.15) is 26.5 Å². The second-order valence-corrected chi connectivity index (χ2v) is 5.46. The van der Waals surface area contributed by atoms with Gasteiger partial charge in [-0.05, 0) is 23.5 Å². The van der Waals surface area contributed by atoms with Crippen molar-refractivity contribution in [1.82, 2.24) is 0 Å². The Morgan fingerprint density at radius 3 is 2.67 bits per heavy atom. The highest BCUT2D eigenvalue weighted by molar-refractivity contribution is 9.09. The van der Waals surface area contributed by atoms with Crippen LogP contribution in [0, 0.1) is 11.3 Å². The largest absolute Gasteiger partial charge is 0.467 e. The summed E-state index contributed by atoms with van der Waals surface area (Å²) in [5, 5.41) is 0.967. The van der Waals surface area contributed by atoms with Crippen LogP contribution >= 0.6 is 15.9 Å². The molecule has 0 spiro atoms. The lowest BCUT2D eigenvalue weighted by atomic mass is 9.83. The molecule has 86 valence electrons. The molecule has 0 saturated heterocycles. The highest BCUT2D eigenvalue weighted by Crippen LogP contribution is 2.27. The van der Waals surface area contributed by atoms with Gasteiger partial charge in [0.2, 0.25) is 0 Å². The number of rotatable bonds is 5. The Bertz CT molecular complexity index is 262. The molecule has 1 heterocycles. The maximum Gasteiger partial charge on any atom is 0.129 e. The Morgan fingerprint density at radius 2 is 2.20 bits per heavy atom. The highest BCUT2D eigenvalue weighted by atomic mass is 79.9.